The van der Waals surface area contributed by atoms with Crippen molar-refractivity contribution in [1.82, 2.24) is 9.97 Å². The third kappa shape index (κ3) is 4.06. The van der Waals surface area contributed by atoms with Gasteiger partial charge < -0.3 is 15.1 Å². The first-order valence-electron chi connectivity index (χ1n) is 4.89. The number of hydrogen-bond acceptors (Lipinski definition) is 5. The molecule has 0 amide bonds. The molecule has 7 nitrogen and oxygen atoms in total. The van der Waals surface area contributed by atoms with Crippen molar-refractivity contribution in [2.75, 3.05) is 18.0 Å². The normalized spacial score (nSPS) is 10.0. The number of aromatic nitrogens is 2. The van der Waals surface area contributed by atoms with Crippen LogP contribution in [0.25, 0.3) is 0 Å². The third-order valence-corrected chi connectivity index (χ3v) is 1.91. The van der Waals surface area contributed by atoms with Crippen molar-refractivity contribution < 1.29 is 19.8 Å². The van der Waals surface area contributed by atoms with Gasteiger partial charge in [0.05, 0.1) is 0 Å². The largest absolute Gasteiger partial charge is 0.480 e. The molecular weight excluding hydrogens is 226 g/mol. The quantitative estimate of drug-likeness (QED) is 0.749. The van der Waals surface area contributed by atoms with Crippen LogP contribution in [0.4, 0.5) is 5.95 Å². The van der Waals surface area contributed by atoms with Crippen LogP contribution in [0.5, 0.6) is 0 Å². The van der Waals surface area contributed by atoms with Crippen LogP contribution in [0, 0.1) is 13.8 Å². The Bertz CT molecular complexity index is 411. The van der Waals surface area contributed by atoms with Crippen molar-refractivity contribution in [3.8, 4) is 0 Å². The number of carbonyl (C=O) groups is 2. The number of hydrogen-bond donors (Lipinski definition) is 2. The van der Waals surface area contributed by atoms with E-state index < -0.39 is 25.0 Å². The van der Waals surface area contributed by atoms with Crippen LogP contribution in [0.1, 0.15) is 11.4 Å². The number of rotatable bonds is 5. The number of anilines is 1. The van der Waals surface area contributed by atoms with Crippen LogP contribution < -0.4 is 4.90 Å². The molecule has 1 aromatic rings. The van der Waals surface area contributed by atoms with Gasteiger partial charge >= 0.3 is 11.9 Å². The lowest BCUT2D eigenvalue weighted by Crippen LogP contribution is -2.36. The van der Waals surface area contributed by atoms with E-state index in [9.17, 15) is 9.59 Å². The molecule has 0 aromatic carbocycles. The Morgan fingerprint density at radius 3 is 1.88 bits per heavy atom. The first-order chi connectivity index (χ1) is 7.88. The van der Waals surface area contributed by atoms with Gasteiger partial charge in [-0.2, -0.15) is 0 Å². The second-order valence-corrected chi connectivity index (χ2v) is 3.59. The van der Waals surface area contributed by atoms with Gasteiger partial charge in [-0.3, -0.25) is 9.59 Å². The van der Waals surface area contributed by atoms with Gasteiger partial charge in [-0.15, -0.1) is 0 Å². The van der Waals surface area contributed by atoms with E-state index in [0.29, 0.717) is 11.4 Å². The summed E-state index contributed by atoms with van der Waals surface area (Å²) in [6.45, 7) is 2.57. The van der Waals surface area contributed by atoms with E-state index >= 15 is 0 Å². The first-order valence-corrected chi connectivity index (χ1v) is 4.89. The Hall–Kier alpha value is -2.18. The van der Waals surface area contributed by atoms with Gasteiger partial charge in [0.15, 0.2) is 0 Å². The fourth-order valence-corrected chi connectivity index (χ4v) is 1.37. The van der Waals surface area contributed by atoms with E-state index in [0.717, 1.165) is 4.90 Å². The van der Waals surface area contributed by atoms with E-state index in [1.807, 2.05) is 0 Å². The minimum Gasteiger partial charge on any atom is -0.480 e. The summed E-state index contributed by atoms with van der Waals surface area (Å²) in [6, 6.07) is 1.73. The lowest BCUT2D eigenvalue weighted by Gasteiger charge is -2.18. The monoisotopic (exact) mass is 239 g/mol. The summed E-state index contributed by atoms with van der Waals surface area (Å²) >= 11 is 0. The van der Waals surface area contributed by atoms with Crippen molar-refractivity contribution in [1.29, 1.82) is 0 Å². The minimum absolute atomic E-state index is 0.118. The molecule has 1 rings (SSSR count). The van der Waals surface area contributed by atoms with Crippen molar-refractivity contribution >= 4 is 17.9 Å². The van der Waals surface area contributed by atoms with Crippen LogP contribution in [-0.4, -0.2) is 45.2 Å². The van der Waals surface area contributed by atoms with E-state index in [1.165, 1.54) is 0 Å². The Morgan fingerprint density at radius 2 is 1.53 bits per heavy atom. The predicted molar refractivity (Wildman–Crippen MR) is 59.0 cm³/mol. The molecule has 0 fully saturated rings. The summed E-state index contributed by atoms with van der Waals surface area (Å²) in [5, 5.41) is 17.4. The maximum atomic E-state index is 10.6. The van der Waals surface area contributed by atoms with Gasteiger partial charge in [0.1, 0.15) is 13.1 Å². The molecule has 0 bridgehead atoms. The molecule has 0 aliphatic carbocycles. The molecular formula is C10H13N3O4. The van der Waals surface area contributed by atoms with Crippen LogP contribution in [-0.2, 0) is 9.59 Å². The second kappa shape index (κ2) is 5.24. The molecule has 17 heavy (non-hydrogen) atoms. The lowest BCUT2D eigenvalue weighted by atomic mass is 10.3. The lowest BCUT2D eigenvalue weighted by molar-refractivity contribution is -0.136. The number of carboxylic acid groups (broad SMARTS) is 2. The Kier molecular flexibility index (Phi) is 3.97. The second-order valence-electron chi connectivity index (χ2n) is 3.59. The molecule has 1 heterocycles. The van der Waals surface area contributed by atoms with Crippen LogP contribution in [0.3, 0.4) is 0 Å². The zero-order valence-corrected chi connectivity index (χ0v) is 9.54. The zero-order valence-electron chi connectivity index (χ0n) is 9.54. The first kappa shape index (κ1) is 12.9. The maximum Gasteiger partial charge on any atom is 0.323 e. The van der Waals surface area contributed by atoms with Gasteiger partial charge in [0.25, 0.3) is 0 Å². The number of aliphatic carboxylic acids is 2. The highest BCUT2D eigenvalue weighted by atomic mass is 16.4. The number of carboxylic acids is 2. The van der Waals surface area contributed by atoms with E-state index in [2.05, 4.69) is 9.97 Å². The zero-order chi connectivity index (χ0) is 13.0. The molecule has 0 spiro atoms. The molecule has 0 aliphatic rings. The van der Waals surface area contributed by atoms with Crippen molar-refractivity contribution in [2.24, 2.45) is 0 Å². The summed E-state index contributed by atoms with van der Waals surface area (Å²) in [4.78, 5) is 30.4. The Labute approximate surface area is 97.7 Å². The van der Waals surface area contributed by atoms with Crippen LogP contribution in [0.2, 0.25) is 0 Å². The summed E-state index contributed by atoms with van der Waals surface area (Å²) in [6.07, 6.45) is 0. The Morgan fingerprint density at radius 1 is 1.12 bits per heavy atom. The van der Waals surface area contributed by atoms with E-state index in [-0.39, 0.29) is 5.95 Å². The highest BCUT2D eigenvalue weighted by molar-refractivity contribution is 5.78. The maximum absolute atomic E-state index is 10.6. The van der Waals surface area contributed by atoms with Crippen molar-refractivity contribution in [2.45, 2.75) is 13.8 Å². The molecule has 0 unspecified atom stereocenters. The van der Waals surface area contributed by atoms with Gasteiger partial charge in [0.2, 0.25) is 5.95 Å². The number of aryl methyl sites for hydroxylation is 2. The van der Waals surface area contributed by atoms with E-state index in [1.54, 1.807) is 19.9 Å². The van der Waals surface area contributed by atoms with Crippen molar-refractivity contribution in [3.63, 3.8) is 0 Å². The van der Waals surface area contributed by atoms with Crippen LogP contribution in [0.15, 0.2) is 6.07 Å². The molecule has 0 atom stereocenters. The molecule has 0 radical (unpaired) electrons. The minimum atomic E-state index is -1.13. The fraction of sp³-hybridized carbons (Fsp3) is 0.400. The standard InChI is InChI=1S/C10H13N3O4/c1-6-3-7(2)12-10(11-6)13(4-8(14)15)5-9(16)17/h3H,4-5H2,1-2H3,(H,14,15)(H,16,17). The molecule has 0 saturated heterocycles. The highest BCUT2D eigenvalue weighted by Crippen LogP contribution is 2.09. The summed E-state index contributed by atoms with van der Waals surface area (Å²) in [7, 11) is 0. The molecule has 1 aromatic heterocycles. The average Bonchev–Trinajstić information content (AvgIpc) is 2.13. The summed E-state index contributed by atoms with van der Waals surface area (Å²) in [5.74, 6) is -2.14. The van der Waals surface area contributed by atoms with E-state index in [4.69, 9.17) is 10.2 Å². The molecule has 7 heteroatoms. The Balaban J connectivity index is 3.02. The average molecular weight is 239 g/mol. The molecule has 0 saturated carbocycles. The summed E-state index contributed by atoms with van der Waals surface area (Å²) < 4.78 is 0. The van der Waals surface area contributed by atoms with Crippen molar-refractivity contribution in [3.05, 3.63) is 17.5 Å². The molecule has 2 N–H and O–H groups in total. The highest BCUT2D eigenvalue weighted by Gasteiger charge is 2.17. The SMILES string of the molecule is Cc1cc(C)nc(N(CC(=O)O)CC(=O)O)n1. The van der Waals surface area contributed by atoms with Gasteiger partial charge in [-0.05, 0) is 19.9 Å². The predicted octanol–water partition coefficient (Wildman–Crippen LogP) is 0.0690. The summed E-state index contributed by atoms with van der Waals surface area (Å²) in [5.41, 5.74) is 1.32. The van der Waals surface area contributed by atoms with Crippen LogP contribution >= 0.6 is 0 Å². The topological polar surface area (TPSA) is 104 Å². The molecule has 92 valence electrons. The third-order valence-electron chi connectivity index (χ3n) is 1.91. The number of nitrogens with zero attached hydrogens (tertiary/aromatic N) is 3. The fourth-order valence-electron chi connectivity index (χ4n) is 1.37. The molecule has 0 aliphatic heterocycles. The van der Waals surface area contributed by atoms with Gasteiger partial charge in [0, 0.05) is 11.4 Å². The smallest absolute Gasteiger partial charge is 0.323 e. The van der Waals surface area contributed by atoms with Gasteiger partial charge in [-0.1, -0.05) is 0 Å². The van der Waals surface area contributed by atoms with Gasteiger partial charge in [-0.25, -0.2) is 9.97 Å².